The molecule has 0 fully saturated rings. The number of hydrogen-bond acceptors (Lipinski definition) is 4. The second-order valence-corrected chi connectivity index (χ2v) is 3.37. The van der Waals surface area contributed by atoms with Gasteiger partial charge in [0.25, 0.3) is 0 Å². The van der Waals surface area contributed by atoms with E-state index in [1.807, 2.05) is 0 Å². The molecule has 1 atom stereocenters. The number of halogens is 3. The molecule has 104 valence electrons. The lowest BCUT2D eigenvalue weighted by Crippen LogP contribution is -2.42. The van der Waals surface area contributed by atoms with Gasteiger partial charge in [-0.3, -0.25) is 9.59 Å². The van der Waals surface area contributed by atoms with Crippen LogP contribution < -0.4 is 5.32 Å². The van der Waals surface area contributed by atoms with E-state index < -0.39 is 36.5 Å². The summed E-state index contributed by atoms with van der Waals surface area (Å²) in [5, 5.41) is 10.3. The first-order valence-corrected chi connectivity index (χ1v) is 4.81. The van der Waals surface area contributed by atoms with Crippen molar-refractivity contribution < 1.29 is 37.4 Å². The van der Waals surface area contributed by atoms with E-state index in [0.717, 1.165) is 7.11 Å². The predicted octanol–water partition coefficient (Wildman–Crippen LogP) is 0.461. The lowest BCUT2D eigenvalue weighted by atomic mass is 10.1. The van der Waals surface area contributed by atoms with Gasteiger partial charge in [0.2, 0.25) is 5.91 Å². The number of hydrogen-bond donors (Lipinski definition) is 2. The van der Waals surface area contributed by atoms with Crippen molar-refractivity contribution in [1.29, 1.82) is 0 Å². The molecule has 0 aromatic heterocycles. The van der Waals surface area contributed by atoms with Crippen molar-refractivity contribution in [2.24, 2.45) is 0 Å². The Balaban J connectivity index is 4.32. The van der Waals surface area contributed by atoms with Gasteiger partial charge in [-0.2, -0.15) is 13.2 Å². The molecule has 0 aromatic carbocycles. The highest BCUT2D eigenvalue weighted by Gasteiger charge is 2.33. The van der Waals surface area contributed by atoms with Crippen LogP contribution in [0.1, 0.15) is 19.3 Å². The van der Waals surface area contributed by atoms with E-state index in [1.54, 1.807) is 5.32 Å². The Bertz CT molecular complexity index is 329. The number of esters is 1. The number of carbonyl (C=O) groups excluding carboxylic acids is 2. The first-order valence-electron chi connectivity index (χ1n) is 4.81. The number of carboxylic acids is 1. The predicted molar refractivity (Wildman–Crippen MR) is 51.5 cm³/mol. The Morgan fingerprint density at radius 3 is 2.28 bits per heavy atom. The average molecular weight is 271 g/mol. The van der Waals surface area contributed by atoms with Gasteiger partial charge in [0.1, 0.15) is 12.5 Å². The molecule has 0 radical (unpaired) electrons. The van der Waals surface area contributed by atoms with Gasteiger partial charge in [-0.25, -0.2) is 4.79 Å². The summed E-state index contributed by atoms with van der Waals surface area (Å²) in [5.41, 5.74) is 0. The van der Waals surface area contributed by atoms with Gasteiger partial charge in [-0.1, -0.05) is 0 Å². The van der Waals surface area contributed by atoms with Gasteiger partial charge in [0.05, 0.1) is 7.11 Å². The molecule has 2 N–H and O–H groups in total. The number of aliphatic carboxylic acids is 1. The summed E-state index contributed by atoms with van der Waals surface area (Å²) < 4.78 is 39.8. The van der Waals surface area contributed by atoms with Crippen molar-refractivity contribution in [3.05, 3.63) is 0 Å². The molecule has 18 heavy (non-hydrogen) atoms. The topological polar surface area (TPSA) is 92.7 Å². The fourth-order valence-corrected chi connectivity index (χ4v) is 1.05. The third-order valence-electron chi connectivity index (χ3n) is 1.86. The molecular formula is C9H12F3NO5. The molecule has 0 aromatic rings. The average Bonchev–Trinajstić information content (AvgIpc) is 2.20. The highest BCUT2D eigenvalue weighted by molar-refractivity contribution is 5.84. The largest absolute Gasteiger partial charge is 0.480 e. The fourth-order valence-electron chi connectivity index (χ4n) is 1.05. The number of carboxylic acid groups (broad SMARTS) is 1. The number of amides is 1. The molecule has 0 aliphatic rings. The number of carbonyl (C=O) groups is 3. The second kappa shape index (κ2) is 6.82. The summed E-state index contributed by atoms with van der Waals surface area (Å²) in [5.74, 6) is -3.69. The van der Waals surface area contributed by atoms with Crippen molar-refractivity contribution in [2.45, 2.75) is 31.5 Å². The molecule has 9 heteroatoms. The number of methoxy groups -OCH3 is 1. The number of alkyl halides is 3. The highest BCUT2D eigenvalue weighted by Crippen LogP contribution is 2.19. The van der Waals surface area contributed by atoms with Gasteiger partial charge in [0, 0.05) is 6.42 Å². The Kier molecular flexibility index (Phi) is 6.14. The Morgan fingerprint density at radius 2 is 1.89 bits per heavy atom. The molecule has 0 rings (SSSR count). The molecular weight excluding hydrogens is 259 g/mol. The molecule has 0 saturated heterocycles. The van der Waals surface area contributed by atoms with Crippen LogP contribution in [0.5, 0.6) is 0 Å². The van der Waals surface area contributed by atoms with Crippen LogP contribution in [0, 0.1) is 0 Å². The zero-order valence-corrected chi connectivity index (χ0v) is 9.41. The first-order chi connectivity index (χ1) is 8.15. The zero-order valence-electron chi connectivity index (χ0n) is 9.41. The number of rotatable bonds is 6. The normalized spacial score (nSPS) is 12.7. The van der Waals surface area contributed by atoms with Crippen molar-refractivity contribution in [3.63, 3.8) is 0 Å². The summed E-state index contributed by atoms with van der Waals surface area (Å²) in [6.45, 7) is 0. The summed E-state index contributed by atoms with van der Waals surface area (Å²) in [7, 11) is 1.08. The minimum atomic E-state index is -4.71. The lowest BCUT2D eigenvalue weighted by molar-refractivity contribution is -0.157. The lowest BCUT2D eigenvalue weighted by Gasteiger charge is -2.14. The molecule has 0 unspecified atom stereocenters. The minimum absolute atomic E-state index is 0.320. The van der Waals surface area contributed by atoms with E-state index in [4.69, 9.17) is 5.11 Å². The van der Waals surface area contributed by atoms with Gasteiger partial charge >= 0.3 is 18.1 Å². The van der Waals surface area contributed by atoms with E-state index >= 15 is 0 Å². The molecule has 0 heterocycles. The molecule has 0 aliphatic heterocycles. The highest BCUT2D eigenvalue weighted by atomic mass is 19.4. The zero-order chi connectivity index (χ0) is 14.3. The van der Waals surface area contributed by atoms with Gasteiger partial charge in [-0.05, 0) is 6.42 Å². The summed E-state index contributed by atoms with van der Waals surface area (Å²) >= 11 is 0. The fraction of sp³-hybridized carbons (Fsp3) is 0.667. The van der Waals surface area contributed by atoms with E-state index in [1.165, 1.54) is 0 Å². The standard InChI is InChI=1S/C9H12F3NO5/c1-18-7(15)3-2-5(8(16)17)13-6(14)4-9(10,11)12/h5H,2-4H2,1H3,(H,13,14)(H,16,17)/t5-/m1/s1. The van der Waals surface area contributed by atoms with E-state index in [9.17, 15) is 27.6 Å². The van der Waals surface area contributed by atoms with Crippen LogP contribution in [0.2, 0.25) is 0 Å². The van der Waals surface area contributed by atoms with E-state index in [-0.39, 0.29) is 12.8 Å². The van der Waals surface area contributed by atoms with Crippen LogP contribution >= 0.6 is 0 Å². The number of ether oxygens (including phenoxy) is 1. The van der Waals surface area contributed by atoms with Crippen LogP contribution in [0.15, 0.2) is 0 Å². The summed E-state index contributed by atoms with van der Waals surface area (Å²) in [6, 6.07) is -1.56. The summed E-state index contributed by atoms with van der Waals surface area (Å²) in [6.07, 6.45) is -7.14. The van der Waals surface area contributed by atoms with Crippen LogP contribution in [-0.4, -0.2) is 42.3 Å². The van der Waals surface area contributed by atoms with Crippen LogP contribution in [0.4, 0.5) is 13.2 Å². The third-order valence-corrected chi connectivity index (χ3v) is 1.86. The molecule has 0 spiro atoms. The quantitative estimate of drug-likeness (QED) is 0.685. The SMILES string of the molecule is COC(=O)CC[C@@H](NC(=O)CC(F)(F)F)C(=O)O. The van der Waals surface area contributed by atoms with Gasteiger partial charge < -0.3 is 15.2 Å². The molecule has 0 aliphatic carbocycles. The van der Waals surface area contributed by atoms with Crippen molar-refractivity contribution in [1.82, 2.24) is 5.32 Å². The summed E-state index contributed by atoms with van der Waals surface area (Å²) in [4.78, 5) is 32.3. The Hall–Kier alpha value is -1.80. The van der Waals surface area contributed by atoms with Crippen LogP contribution in [0.25, 0.3) is 0 Å². The monoisotopic (exact) mass is 271 g/mol. The minimum Gasteiger partial charge on any atom is -0.480 e. The van der Waals surface area contributed by atoms with E-state index in [0.29, 0.717) is 0 Å². The Morgan fingerprint density at radius 1 is 1.33 bits per heavy atom. The van der Waals surface area contributed by atoms with E-state index in [2.05, 4.69) is 4.74 Å². The van der Waals surface area contributed by atoms with Crippen molar-refractivity contribution in [2.75, 3.05) is 7.11 Å². The van der Waals surface area contributed by atoms with Gasteiger partial charge in [-0.15, -0.1) is 0 Å². The van der Waals surface area contributed by atoms with Gasteiger partial charge in [0.15, 0.2) is 0 Å². The third kappa shape index (κ3) is 7.47. The van der Waals surface area contributed by atoms with Crippen molar-refractivity contribution in [3.8, 4) is 0 Å². The molecule has 6 nitrogen and oxygen atoms in total. The maximum Gasteiger partial charge on any atom is 0.397 e. The van der Waals surface area contributed by atoms with Crippen LogP contribution in [-0.2, 0) is 19.1 Å². The smallest absolute Gasteiger partial charge is 0.397 e. The van der Waals surface area contributed by atoms with Crippen LogP contribution in [0.3, 0.4) is 0 Å². The first kappa shape index (κ1) is 16.2. The molecule has 0 bridgehead atoms. The number of nitrogens with one attached hydrogen (secondary N) is 1. The maximum absolute atomic E-state index is 11.8. The second-order valence-electron chi connectivity index (χ2n) is 3.37. The molecule has 1 amide bonds. The Labute approximate surface area is 100 Å². The van der Waals surface area contributed by atoms with Crippen molar-refractivity contribution >= 4 is 17.8 Å². The maximum atomic E-state index is 11.8. The molecule has 0 saturated carbocycles.